The number of benzene rings is 1. The van der Waals surface area contributed by atoms with Crippen molar-refractivity contribution in [3.05, 3.63) is 35.9 Å². The topological polar surface area (TPSA) is 58.6 Å². The normalized spacial score (nSPS) is 20.4. The Labute approximate surface area is 155 Å². The fourth-order valence-electron chi connectivity index (χ4n) is 3.51. The number of allylic oxidation sites excluding steroid dienone is 1. The molecule has 140 valence electrons. The molecule has 1 heterocycles. The summed E-state index contributed by atoms with van der Waals surface area (Å²) in [6.07, 6.45) is 9.33. The van der Waals surface area contributed by atoms with Gasteiger partial charge in [0.1, 0.15) is 5.75 Å². The third kappa shape index (κ3) is 4.52. The van der Waals surface area contributed by atoms with E-state index in [-0.39, 0.29) is 18.2 Å². The monoisotopic (exact) mass is 356 g/mol. The third-order valence-electron chi connectivity index (χ3n) is 4.94. The van der Waals surface area contributed by atoms with Crippen LogP contribution in [0.5, 0.6) is 5.75 Å². The fraction of sp³-hybridized carbons (Fsp3) is 0.524. The summed E-state index contributed by atoms with van der Waals surface area (Å²) in [5, 5.41) is 3.27. The van der Waals surface area contributed by atoms with Crippen LogP contribution in [0.1, 0.15) is 51.9 Å². The van der Waals surface area contributed by atoms with Crippen molar-refractivity contribution < 1.29 is 14.3 Å². The molecular weight excluding hydrogens is 328 g/mol. The van der Waals surface area contributed by atoms with Crippen LogP contribution in [-0.4, -0.2) is 31.0 Å². The van der Waals surface area contributed by atoms with Crippen LogP contribution in [0.4, 0.5) is 5.69 Å². The maximum atomic E-state index is 12.7. The molecule has 2 aliphatic rings. The first-order chi connectivity index (χ1) is 12.7. The van der Waals surface area contributed by atoms with Crippen LogP contribution < -0.4 is 15.0 Å². The van der Waals surface area contributed by atoms with Crippen LogP contribution >= 0.6 is 0 Å². The average molecular weight is 356 g/mol. The number of anilines is 1. The fourth-order valence-corrected chi connectivity index (χ4v) is 3.51. The summed E-state index contributed by atoms with van der Waals surface area (Å²) >= 11 is 0. The van der Waals surface area contributed by atoms with Crippen molar-refractivity contribution in [2.75, 3.05) is 18.1 Å². The molecule has 1 N–H and O–H groups in total. The van der Waals surface area contributed by atoms with E-state index in [1.54, 1.807) is 12.1 Å². The first-order valence-electron chi connectivity index (χ1n) is 9.70. The van der Waals surface area contributed by atoms with Crippen LogP contribution in [0.15, 0.2) is 35.9 Å². The zero-order valence-electron chi connectivity index (χ0n) is 15.5. The van der Waals surface area contributed by atoms with E-state index in [4.69, 9.17) is 4.74 Å². The molecule has 1 atom stereocenters. The van der Waals surface area contributed by atoms with Gasteiger partial charge < -0.3 is 10.1 Å². The molecule has 1 aromatic rings. The molecule has 0 saturated carbocycles. The first kappa shape index (κ1) is 18.6. The Morgan fingerprint density at radius 3 is 2.69 bits per heavy atom. The van der Waals surface area contributed by atoms with Gasteiger partial charge in [-0.25, -0.2) is 4.90 Å². The van der Waals surface area contributed by atoms with Gasteiger partial charge >= 0.3 is 0 Å². The van der Waals surface area contributed by atoms with Crippen LogP contribution in [0.2, 0.25) is 0 Å². The molecule has 1 aromatic carbocycles. The van der Waals surface area contributed by atoms with Crippen molar-refractivity contribution in [1.82, 2.24) is 5.32 Å². The largest absolute Gasteiger partial charge is 0.494 e. The molecule has 5 nitrogen and oxygen atoms in total. The highest BCUT2D eigenvalue weighted by molar-refractivity contribution is 6.22. The third-order valence-corrected chi connectivity index (χ3v) is 4.94. The van der Waals surface area contributed by atoms with Gasteiger partial charge in [-0.2, -0.15) is 0 Å². The molecule has 5 heteroatoms. The number of imide groups is 1. The summed E-state index contributed by atoms with van der Waals surface area (Å²) in [4.78, 5) is 26.3. The van der Waals surface area contributed by atoms with Gasteiger partial charge in [-0.05, 0) is 69.3 Å². The minimum absolute atomic E-state index is 0.147. The van der Waals surface area contributed by atoms with Crippen molar-refractivity contribution in [3.8, 4) is 5.75 Å². The maximum Gasteiger partial charge on any atom is 0.251 e. The lowest BCUT2D eigenvalue weighted by Crippen LogP contribution is -2.39. The number of nitrogens with one attached hydrogen (secondary N) is 1. The SMILES string of the molecule is CCCOc1ccc(N2C(=O)C[C@H](NCCC3=CCCCC3)C2=O)cc1. The molecule has 0 spiro atoms. The van der Waals surface area contributed by atoms with Crippen molar-refractivity contribution in [3.63, 3.8) is 0 Å². The second kappa shape index (κ2) is 8.99. The predicted molar refractivity (Wildman–Crippen MR) is 102 cm³/mol. The Hall–Kier alpha value is -2.14. The Balaban J connectivity index is 1.55. The van der Waals surface area contributed by atoms with Crippen molar-refractivity contribution in [2.24, 2.45) is 0 Å². The highest BCUT2D eigenvalue weighted by Gasteiger charge is 2.39. The Bertz CT molecular complexity index is 666. The summed E-state index contributed by atoms with van der Waals surface area (Å²) in [7, 11) is 0. The molecule has 3 rings (SSSR count). The van der Waals surface area contributed by atoms with E-state index in [0.29, 0.717) is 12.3 Å². The summed E-state index contributed by atoms with van der Waals surface area (Å²) in [5.41, 5.74) is 2.09. The van der Waals surface area contributed by atoms with E-state index < -0.39 is 6.04 Å². The second-order valence-electron chi connectivity index (χ2n) is 6.98. The second-order valence-corrected chi connectivity index (χ2v) is 6.98. The van der Waals surface area contributed by atoms with Crippen molar-refractivity contribution in [1.29, 1.82) is 0 Å². The molecule has 1 fully saturated rings. The number of amides is 2. The number of carbonyl (C=O) groups is 2. The van der Waals surface area contributed by atoms with Crippen molar-refractivity contribution in [2.45, 2.75) is 57.9 Å². The number of ether oxygens (including phenoxy) is 1. The van der Waals surface area contributed by atoms with Gasteiger partial charge in [-0.15, -0.1) is 0 Å². The zero-order valence-corrected chi connectivity index (χ0v) is 15.5. The van der Waals surface area contributed by atoms with Gasteiger partial charge in [-0.1, -0.05) is 18.6 Å². The molecule has 26 heavy (non-hydrogen) atoms. The molecule has 1 aliphatic carbocycles. The molecule has 1 aliphatic heterocycles. The van der Waals surface area contributed by atoms with E-state index in [9.17, 15) is 9.59 Å². The zero-order chi connectivity index (χ0) is 18.4. The molecule has 0 unspecified atom stereocenters. The number of rotatable bonds is 8. The lowest BCUT2D eigenvalue weighted by molar-refractivity contribution is -0.121. The summed E-state index contributed by atoms with van der Waals surface area (Å²) in [6, 6.07) is 6.75. The minimum Gasteiger partial charge on any atom is -0.494 e. The highest BCUT2D eigenvalue weighted by Crippen LogP contribution is 2.25. The quantitative estimate of drug-likeness (QED) is 0.571. The van der Waals surface area contributed by atoms with Crippen LogP contribution in [-0.2, 0) is 9.59 Å². The predicted octanol–water partition coefficient (Wildman–Crippen LogP) is 3.59. The first-order valence-corrected chi connectivity index (χ1v) is 9.70. The number of nitrogens with zero attached hydrogens (tertiary/aromatic N) is 1. The van der Waals surface area contributed by atoms with Gasteiger partial charge in [-0.3, -0.25) is 9.59 Å². The standard InChI is InChI=1S/C21H28N2O3/c1-2-14-26-18-10-8-17(9-11-18)23-20(24)15-19(21(23)25)22-13-12-16-6-4-3-5-7-16/h6,8-11,19,22H,2-5,7,12-15H2,1H3/t19-/m0/s1. The van der Waals surface area contributed by atoms with E-state index >= 15 is 0 Å². The smallest absolute Gasteiger partial charge is 0.251 e. The van der Waals surface area contributed by atoms with Gasteiger partial charge in [0.05, 0.1) is 24.8 Å². The van der Waals surface area contributed by atoms with Gasteiger partial charge in [0.2, 0.25) is 5.91 Å². The van der Waals surface area contributed by atoms with E-state index in [1.165, 1.54) is 29.7 Å². The van der Waals surface area contributed by atoms with Gasteiger partial charge in [0, 0.05) is 0 Å². The van der Waals surface area contributed by atoms with E-state index in [0.717, 1.165) is 31.6 Å². The van der Waals surface area contributed by atoms with E-state index in [1.807, 2.05) is 19.1 Å². The lowest BCUT2D eigenvalue weighted by Gasteiger charge is -2.17. The van der Waals surface area contributed by atoms with Crippen LogP contribution in [0, 0.1) is 0 Å². The maximum absolute atomic E-state index is 12.7. The van der Waals surface area contributed by atoms with Crippen molar-refractivity contribution >= 4 is 17.5 Å². The minimum atomic E-state index is -0.414. The average Bonchev–Trinajstić information content (AvgIpc) is 2.95. The molecule has 0 radical (unpaired) electrons. The molecule has 1 saturated heterocycles. The number of hydrogen-bond donors (Lipinski definition) is 1. The molecular formula is C21H28N2O3. The number of hydrogen-bond acceptors (Lipinski definition) is 4. The highest BCUT2D eigenvalue weighted by atomic mass is 16.5. The van der Waals surface area contributed by atoms with E-state index in [2.05, 4.69) is 11.4 Å². The molecule has 0 aromatic heterocycles. The summed E-state index contributed by atoms with van der Waals surface area (Å²) in [5.74, 6) is 0.451. The Kier molecular flexibility index (Phi) is 6.45. The van der Waals surface area contributed by atoms with Gasteiger partial charge in [0.15, 0.2) is 0 Å². The molecule has 2 amide bonds. The van der Waals surface area contributed by atoms with Crippen LogP contribution in [0.25, 0.3) is 0 Å². The van der Waals surface area contributed by atoms with Gasteiger partial charge in [0.25, 0.3) is 5.91 Å². The number of carbonyl (C=O) groups excluding carboxylic acids is 2. The summed E-state index contributed by atoms with van der Waals surface area (Å²) < 4.78 is 5.55. The van der Waals surface area contributed by atoms with Crippen LogP contribution in [0.3, 0.4) is 0 Å². The lowest BCUT2D eigenvalue weighted by atomic mass is 9.97. The Morgan fingerprint density at radius 1 is 1.19 bits per heavy atom. The Morgan fingerprint density at radius 2 is 2.00 bits per heavy atom. The summed E-state index contributed by atoms with van der Waals surface area (Å²) in [6.45, 7) is 3.45. The molecule has 0 bridgehead atoms.